The normalized spacial score (nSPS) is 19.0. The molecule has 1 fully saturated rings. The molecule has 0 aromatic carbocycles. The van der Waals surface area contributed by atoms with E-state index in [0.717, 1.165) is 25.3 Å². The quantitative estimate of drug-likeness (QED) is 0.778. The fraction of sp³-hybridized carbons (Fsp3) is 0.375. The van der Waals surface area contributed by atoms with E-state index in [1.54, 1.807) is 11.3 Å². The SMILES string of the molecule is Cc1cn[nH]c1C1CCN(Cc2cn[nH]c2-c2cccs2)C1. The molecule has 1 aliphatic rings. The third-order valence-electron chi connectivity index (χ3n) is 4.43. The van der Waals surface area contributed by atoms with Gasteiger partial charge in [-0.25, -0.2) is 0 Å². The fourth-order valence-corrected chi connectivity index (χ4v) is 4.04. The highest BCUT2D eigenvalue weighted by molar-refractivity contribution is 7.13. The molecular formula is C16H19N5S. The summed E-state index contributed by atoms with van der Waals surface area (Å²) in [6, 6.07) is 4.22. The predicted octanol–water partition coefficient (Wildman–Crippen LogP) is 3.16. The summed E-state index contributed by atoms with van der Waals surface area (Å²) in [5.74, 6) is 0.569. The van der Waals surface area contributed by atoms with E-state index >= 15 is 0 Å². The smallest absolute Gasteiger partial charge is 0.0794 e. The second-order valence-corrected chi connectivity index (χ2v) is 6.88. The van der Waals surface area contributed by atoms with Crippen LogP contribution in [0.25, 0.3) is 10.6 Å². The van der Waals surface area contributed by atoms with Gasteiger partial charge in [-0.2, -0.15) is 10.2 Å². The number of hydrogen-bond acceptors (Lipinski definition) is 4. The van der Waals surface area contributed by atoms with Crippen molar-refractivity contribution >= 4 is 11.3 Å². The maximum Gasteiger partial charge on any atom is 0.0794 e. The molecule has 4 rings (SSSR count). The van der Waals surface area contributed by atoms with E-state index in [-0.39, 0.29) is 0 Å². The molecular weight excluding hydrogens is 294 g/mol. The number of nitrogens with one attached hydrogen (secondary N) is 2. The maximum atomic E-state index is 4.24. The van der Waals surface area contributed by atoms with Gasteiger partial charge in [-0.05, 0) is 36.9 Å². The topological polar surface area (TPSA) is 60.6 Å². The molecule has 1 atom stereocenters. The first-order valence-electron chi connectivity index (χ1n) is 7.59. The summed E-state index contributed by atoms with van der Waals surface area (Å²) >= 11 is 1.75. The second-order valence-electron chi connectivity index (χ2n) is 5.93. The first-order chi connectivity index (χ1) is 10.8. The van der Waals surface area contributed by atoms with Crippen LogP contribution in [0, 0.1) is 6.92 Å². The van der Waals surface area contributed by atoms with Crippen LogP contribution < -0.4 is 0 Å². The van der Waals surface area contributed by atoms with Crippen LogP contribution in [-0.4, -0.2) is 38.4 Å². The predicted molar refractivity (Wildman–Crippen MR) is 87.9 cm³/mol. The molecule has 114 valence electrons. The highest BCUT2D eigenvalue weighted by Crippen LogP contribution is 2.31. The fourth-order valence-electron chi connectivity index (χ4n) is 3.29. The average Bonchev–Trinajstić information content (AvgIpc) is 3.25. The van der Waals surface area contributed by atoms with E-state index in [1.807, 2.05) is 12.4 Å². The van der Waals surface area contributed by atoms with Crippen molar-refractivity contribution < 1.29 is 0 Å². The standard InChI is InChI=1S/C16H19N5S/c1-11-7-17-19-15(11)12-4-5-21(9-12)10-13-8-18-20-16(13)14-3-2-6-22-14/h2-3,6-8,12H,4-5,9-10H2,1H3,(H,17,19)(H,18,20). The molecule has 0 radical (unpaired) electrons. The number of aromatic amines is 2. The first-order valence-corrected chi connectivity index (χ1v) is 8.47. The lowest BCUT2D eigenvalue weighted by atomic mass is 10.0. The zero-order chi connectivity index (χ0) is 14.9. The van der Waals surface area contributed by atoms with E-state index in [2.05, 4.69) is 49.7 Å². The van der Waals surface area contributed by atoms with Gasteiger partial charge in [0.25, 0.3) is 0 Å². The molecule has 22 heavy (non-hydrogen) atoms. The minimum Gasteiger partial charge on any atom is -0.298 e. The Hall–Kier alpha value is -1.92. The van der Waals surface area contributed by atoms with Gasteiger partial charge in [0, 0.05) is 30.3 Å². The van der Waals surface area contributed by atoms with E-state index in [0.29, 0.717) is 5.92 Å². The minimum atomic E-state index is 0.569. The lowest BCUT2D eigenvalue weighted by Gasteiger charge is -2.15. The third kappa shape index (κ3) is 2.48. The molecule has 0 spiro atoms. The van der Waals surface area contributed by atoms with Crippen LogP contribution in [0.1, 0.15) is 29.2 Å². The largest absolute Gasteiger partial charge is 0.298 e. The molecule has 4 heterocycles. The number of H-pyrrole nitrogens is 2. The number of hydrogen-bond donors (Lipinski definition) is 2. The van der Waals surface area contributed by atoms with Crippen molar-refractivity contribution in [1.82, 2.24) is 25.3 Å². The Morgan fingerprint density at radius 2 is 2.23 bits per heavy atom. The van der Waals surface area contributed by atoms with Crippen LogP contribution in [0.15, 0.2) is 29.9 Å². The molecule has 0 bridgehead atoms. The Kier molecular flexibility index (Phi) is 3.56. The van der Waals surface area contributed by atoms with E-state index in [1.165, 1.54) is 28.1 Å². The van der Waals surface area contributed by atoms with Crippen LogP contribution in [0.4, 0.5) is 0 Å². The number of aryl methyl sites for hydroxylation is 1. The number of rotatable bonds is 4. The first kappa shape index (κ1) is 13.7. The van der Waals surface area contributed by atoms with Crippen LogP contribution in [0.3, 0.4) is 0 Å². The average molecular weight is 313 g/mol. The molecule has 3 aromatic rings. The van der Waals surface area contributed by atoms with Gasteiger partial charge in [0.1, 0.15) is 0 Å². The molecule has 0 aliphatic carbocycles. The van der Waals surface area contributed by atoms with Gasteiger partial charge in [0.15, 0.2) is 0 Å². The number of thiophene rings is 1. The van der Waals surface area contributed by atoms with Crippen LogP contribution in [-0.2, 0) is 6.54 Å². The molecule has 1 unspecified atom stereocenters. The molecule has 2 N–H and O–H groups in total. The summed E-state index contributed by atoms with van der Waals surface area (Å²) in [4.78, 5) is 3.76. The van der Waals surface area contributed by atoms with Crippen LogP contribution in [0.5, 0.6) is 0 Å². The van der Waals surface area contributed by atoms with E-state index in [4.69, 9.17) is 0 Å². The number of nitrogens with zero attached hydrogens (tertiary/aromatic N) is 3. The van der Waals surface area contributed by atoms with E-state index in [9.17, 15) is 0 Å². The summed E-state index contributed by atoms with van der Waals surface area (Å²) < 4.78 is 0. The van der Waals surface area contributed by atoms with Crippen molar-refractivity contribution in [2.75, 3.05) is 13.1 Å². The molecule has 1 saturated heterocycles. The summed E-state index contributed by atoms with van der Waals surface area (Å²) in [5, 5.41) is 16.8. The van der Waals surface area contributed by atoms with Crippen molar-refractivity contribution in [2.24, 2.45) is 0 Å². The summed E-state index contributed by atoms with van der Waals surface area (Å²) in [6.45, 7) is 5.29. The summed E-state index contributed by atoms with van der Waals surface area (Å²) in [5.41, 5.74) is 5.02. The Morgan fingerprint density at radius 1 is 1.32 bits per heavy atom. The monoisotopic (exact) mass is 313 g/mol. The van der Waals surface area contributed by atoms with Gasteiger partial charge in [0.2, 0.25) is 0 Å². The lowest BCUT2D eigenvalue weighted by molar-refractivity contribution is 0.326. The van der Waals surface area contributed by atoms with Gasteiger partial charge in [0.05, 0.1) is 23.0 Å². The van der Waals surface area contributed by atoms with Crippen molar-refractivity contribution in [1.29, 1.82) is 0 Å². The number of likely N-dealkylation sites (tertiary alicyclic amines) is 1. The van der Waals surface area contributed by atoms with Gasteiger partial charge < -0.3 is 0 Å². The second kappa shape index (κ2) is 5.70. The Morgan fingerprint density at radius 3 is 3.00 bits per heavy atom. The summed E-state index contributed by atoms with van der Waals surface area (Å²) in [7, 11) is 0. The molecule has 0 saturated carbocycles. The number of aromatic nitrogens is 4. The summed E-state index contributed by atoms with van der Waals surface area (Å²) in [6.07, 6.45) is 5.07. The van der Waals surface area contributed by atoms with Crippen molar-refractivity contribution in [2.45, 2.75) is 25.8 Å². The maximum absolute atomic E-state index is 4.24. The highest BCUT2D eigenvalue weighted by atomic mass is 32.1. The molecule has 1 aliphatic heterocycles. The van der Waals surface area contributed by atoms with Crippen LogP contribution in [0.2, 0.25) is 0 Å². The Balaban J connectivity index is 1.47. The molecule has 3 aromatic heterocycles. The highest BCUT2D eigenvalue weighted by Gasteiger charge is 2.27. The van der Waals surface area contributed by atoms with Crippen LogP contribution >= 0.6 is 11.3 Å². The Bertz CT molecular complexity index is 742. The third-order valence-corrected chi connectivity index (χ3v) is 5.32. The zero-order valence-electron chi connectivity index (χ0n) is 12.5. The van der Waals surface area contributed by atoms with E-state index < -0.39 is 0 Å². The zero-order valence-corrected chi connectivity index (χ0v) is 13.4. The van der Waals surface area contributed by atoms with Crippen molar-refractivity contribution in [3.05, 3.63) is 46.7 Å². The van der Waals surface area contributed by atoms with Gasteiger partial charge >= 0.3 is 0 Å². The molecule has 6 heteroatoms. The minimum absolute atomic E-state index is 0.569. The van der Waals surface area contributed by atoms with Gasteiger partial charge in [-0.3, -0.25) is 15.1 Å². The molecule has 0 amide bonds. The lowest BCUT2D eigenvalue weighted by Crippen LogP contribution is -2.20. The van der Waals surface area contributed by atoms with Gasteiger partial charge in [-0.15, -0.1) is 11.3 Å². The van der Waals surface area contributed by atoms with Gasteiger partial charge in [-0.1, -0.05) is 6.07 Å². The van der Waals surface area contributed by atoms with Crippen molar-refractivity contribution in [3.63, 3.8) is 0 Å². The Labute approximate surface area is 133 Å². The van der Waals surface area contributed by atoms with Crippen molar-refractivity contribution in [3.8, 4) is 10.6 Å². The molecule has 5 nitrogen and oxygen atoms in total.